The van der Waals surface area contributed by atoms with Crippen molar-refractivity contribution in [1.82, 2.24) is 14.7 Å². The van der Waals surface area contributed by atoms with Crippen molar-refractivity contribution in [2.24, 2.45) is 0 Å². The molecule has 0 aromatic heterocycles. The van der Waals surface area contributed by atoms with Crippen LogP contribution in [0.1, 0.15) is 52.7 Å². The predicted octanol–water partition coefficient (Wildman–Crippen LogP) is 2.38. The van der Waals surface area contributed by atoms with Crippen LogP contribution in [0.2, 0.25) is 0 Å². The Morgan fingerprint density at radius 2 is 1.29 bits per heavy atom. The van der Waals surface area contributed by atoms with Crippen LogP contribution in [0.5, 0.6) is 0 Å². The second-order valence-corrected chi connectivity index (χ2v) is 12.5. The molecule has 0 amide bonds. The van der Waals surface area contributed by atoms with Crippen LogP contribution in [0, 0.1) is 0 Å². The molecule has 1 aromatic carbocycles. The first-order valence-corrected chi connectivity index (χ1v) is 13.2. The lowest BCUT2D eigenvalue weighted by Gasteiger charge is -2.27. The van der Waals surface area contributed by atoms with Crippen LogP contribution in [0.3, 0.4) is 0 Å². The Balaban J connectivity index is 0.000000161. The summed E-state index contributed by atoms with van der Waals surface area (Å²) in [5, 5.41) is 0.667. The van der Waals surface area contributed by atoms with Gasteiger partial charge in [-0.25, -0.2) is 0 Å². The van der Waals surface area contributed by atoms with Gasteiger partial charge in [0.15, 0.2) is 8.38 Å². The molecule has 2 N–H and O–H groups in total. The minimum Gasteiger partial charge on any atom is -0.365 e. The largest absolute Gasteiger partial charge is 0.365 e. The number of allylic oxidation sites excluding steroid dienone is 1. The van der Waals surface area contributed by atoms with Crippen LogP contribution in [-0.4, -0.2) is 75.3 Å². The third-order valence-electron chi connectivity index (χ3n) is 6.37. The molecule has 0 unspecified atom stereocenters. The molecule has 8 heteroatoms. The average molecular weight is 486 g/mol. The minimum atomic E-state index is -2.03. The van der Waals surface area contributed by atoms with Gasteiger partial charge in [0.25, 0.3) is 0 Å². The van der Waals surface area contributed by atoms with Crippen LogP contribution < -0.4 is 5.30 Å². The Bertz CT molecular complexity index is 1070. The second-order valence-electron chi connectivity index (χ2n) is 11.4. The normalized spacial score (nSPS) is 19.9. The summed E-state index contributed by atoms with van der Waals surface area (Å²) >= 11 is 0. The predicted molar refractivity (Wildman–Crippen MR) is 135 cm³/mol. The molecule has 0 saturated carbocycles. The summed E-state index contributed by atoms with van der Waals surface area (Å²) in [5.74, 6) is 0.0485. The van der Waals surface area contributed by atoms with Crippen molar-refractivity contribution in [3.8, 4) is 0 Å². The molecular weight excluding hydrogens is 449 g/mol. The van der Waals surface area contributed by atoms with Crippen molar-refractivity contribution in [3.63, 3.8) is 0 Å². The average Bonchev–Trinajstić information content (AvgIpc) is 3.59. The van der Waals surface area contributed by atoms with Gasteiger partial charge in [-0.05, 0) is 28.0 Å². The smallest absolute Gasteiger partial charge is 0.227 e. The molecule has 0 bridgehead atoms. The van der Waals surface area contributed by atoms with Crippen molar-refractivity contribution in [3.05, 3.63) is 52.5 Å². The van der Waals surface area contributed by atoms with Crippen LogP contribution in [-0.2, 0) is 20.4 Å². The number of carbonyl (C=O) groups is 2. The van der Waals surface area contributed by atoms with Crippen molar-refractivity contribution in [2.75, 3.05) is 39.3 Å². The Kier molecular flexibility index (Phi) is 6.43. The molecular formula is C26H36N3O4P. The third-order valence-corrected chi connectivity index (χ3v) is 7.19. The van der Waals surface area contributed by atoms with Gasteiger partial charge in [0.2, 0.25) is 11.6 Å². The van der Waals surface area contributed by atoms with Crippen molar-refractivity contribution in [1.29, 1.82) is 0 Å². The lowest BCUT2D eigenvalue weighted by atomic mass is 9.81. The highest BCUT2D eigenvalue weighted by molar-refractivity contribution is 7.54. The molecule has 5 rings (SSSR count). The van der Waals surface area contributed by atoms with Crippen LogP contribution >= 0.6 is 8.38 Å². The zero-order valence-electron chi connectivity index (χ0n) is 21.1. The molecule has 1 aliphatic carbocycles. The number of carbonyl (C=O) groups excluding carboxylic acids is 2. The van der Waals surface area contributed by atoms with Gasteiger partial charge in [-0.1, -0.05) is 53.7 Å². The maximum absolute atomic E-state index is 12.4. The molecule has 3 aliphatic heterocycles. The quantitative estimate of drug-likeness (QED) is 0.385. The fraction of sp³-hybridized carbons (Fsp3) is 0.538. The van der Waals surface area contributed by atoms with Gasteiger partial charge in [0, 0.05) is 50.6 Å². The van der Waals surface area contributed by atoms with Gasteiger partial charge in [-0.2, -0.15) is 0 Å². The Labute approximate surface area is 203 Å². The number of rotatable bonds is 4. The standard InChI is InChI=1S/C14H23O2P.C12H13N3O2/c1-13(2,3)10-7-8-12(17(15)16)11(9-10)14(4,5)6;16-9-7-8(13-1-2-13)12(17)11(15-5-6-15)10(9)14-3-4-14/h7-9,15-16H,1-6H3;7H,1-6H2. The van der Waals surface area contributed by atoms with E-state index in [2.05, 4.69) is 47.6 Å². The first-order valence-electron chi connectivity index (χ1n) is 11.9. The first-order chi connectivity index (χ1) is 15.8. The van der Waals surface area contributed by atoms with Crippen LogP contribution in [0.4, 0.5) is 0 Å². The first kappa shape index (κ1) is 24.9. The van der Waals surface area contributed by atoms with E-state index in [-0.39, 0.29) is 22.4 Å². The highest BCUT2D eigenvalue weighted by atomic mass is 31.2. The molecule has 3 saturated heterocycles. The van der Waals surface area contributed by atoms with Crippen LogP contribution in [0.15, 0.2) is 41.4 Å². The molecule has 4 aliphatic rings. The topological polar surface area (TPSA) is 83.6 Å². The number of hydrogen-bond acceptors (Lipinski definition) is 7. The van der Waals surface area contributed by atoms with E-state index < -0.39 is 8.38 Å². The molecule has 3 heterocycles. The van der Waals surface area contributed by atoms with Crippen molar-refractivity contribution < 1.29 is 19.4 Å². The number of benzene rings is 1. The monoisotopic (exact) mass is 485 g/mol. The summed E-state index contributed by atoms with van der Waals surface area (Å²) in [6.45, 7) is 18.2. The maximum Gasteiger partial charge on any atom is 0.227 e. The maximum atomic E-state index is 12.4. The van der Waals surface area contributed by atoms with Gasteiger partial charge in [0.05, 0.1) is 5.70 Å². The van der Waals surface area contributed by atoms with Gasteiger partial charge in [-0.3, -0.25) is 9.59 Å². The lowest BCUT2D eigenvalue weighted by molar-refractivity contribution is -0.117. The third kappa shape index (κ3) is 5.37. The second kappa shape index (κ2) is 8.78. The summed E-state index contributed by atoms with van der Waals surface area (Å²) < 4.78 is 0. The Morgan fingerprint density at radius 3 is 1.74 bits per heavy atom. The molecule has 34 heavy (non-hydrogen) atoms. The van der Waals surface area contributed by atoms with E-state index in [1.54, 1.807) is 0 Å². The molecule has 0 atom stereocenters. The van der Waals surface area contributed by atoms with Crippen molar-refractivity contribution >= 4 is 25.2 Å². The summed E-state index contributed by atoms with van der Waals surface area (Å²) in [7, 11) is -2.03. The Morgan fingerprint density at radius 1 is 0.765 bits per heavy atom. The van der Waals surface area contributed by atoms with E-state index in [4.69, 9.17) is 0 Å². The van der Waals surface area contributed by atoms with Crippen LogP contribution in [0.25, 0.3) is 0 Å². The van der Waals surface area contributed by atoms with E-state index in [9.17, 15) is 19.4 Å². The summed E-state index contributed by atoms with van der Waals surface area (Å²) in [4.78, 5) is 49.4. The fourth-order valence-electron chi connectivity index (χ4n) is 4.05. The summed E-state index contributed by atoms with van der Waals surface area (Å²) in [6.07, 6.45) is 1.52. The highest BCUT2D eigenvalue weighted by Crippen LogP contribution is 2.35. The summed E-state index contributed by atoms with van der Waals surface area (Å²) in [6, 6.07) is 5.95. The molecule has 1 aromatic rings. The summed E-state index contributed by atoms with van der Waals surface area (Å²) in [5.41, 5.74) is 4.14. The van der Waals surface area contributed by atoms with Gasteiger partial charge in [0.1, 0.15) is 11.4 Å². The van der Waals surface area contributed by atoms with E-state index in [0.29, 0.717) is 22.4 Å². The van der Waals surface area contributed by atoms with E-state index in [1.165, 1.54) is 11.6 Å². The SMILES string of the molecule is CC(C)(C)c1ccc(P(O)O)c(C(C)(C)C)c1.O=C1C=C(N2CC2)C(=O)C(N2CC2)=C1N1CC1. The zero-order chi connectivity index (χ0) is 25.0. The number of ketones is 2. The van der Waals surface area contributed by atoms with Crippen molar-refractivity contribution in [2.45, 2.75) is 52.4 Å². The molecule has 3 fully saturated rings. The highest BCUT2D eigenvalue weighted by Gasteiger charge is 2.43. The molecule has 184 valence electrons. The number of hydrogen-bond donors (Lipinski definition) is 2. The zero-order valence-corrected chi connectivity index (χ0v) is 21.9. The molecule has 7 nitrogen and oxygen atoms in total. The fourth-order valence-corrected chi connectivity index (χ4v) is 4.88. The number of nitrogens with zero attached hydrogens (tertiary/aromatic N) is 3. The van der Waals surface area contributed by atoms with E-state index in [0.717, 1.165) is 44.8 Å². The van der Waals surface area contributed by atoms with Gasteiger partial charge < -0.3 is 24.5 Å². The Hall–Kier alpha value is -2.21. The lowest BCUT2D eigenvalue weighted by Crippen LogP contribution is -2.29. The van der Waals surface area contributed by atoms with E-state index in [1.807, 2.05) is 26.8 Å². The minimum absolute atomic E-state index is 0.00546. The van der Waals surface area contributed by atoms with E-state index >= 15 is 0 Å². The molecule has 0 spiro atoms. The van der Waals surface area contributed by atoms with Gasteiger partial charge in [-0.15, -0.1) is 0 Å². The number of Topliss-reactive ketones (excluding diaryl/α,β-unsaturated/α-hetero) is 1. The van der Waals surface area contributed by atoms with Gasteiger partial charge >= 0.3 is 0 Å². The molecule has 0 radical (unpaired) electrons.